The van der Waals surface area contributed by atoms with Gasteiger partial charge in [-0.25, -0.2) is 13.1 Å². The standard InChI is InChI=1S/C13H18N2O2S/c1-4-12(7-8-14)15-18(16,17)13-6-5-10(2)11(3)9-13/h5-6,9,12,15H,4,7H2,1-3H3. The lowest BCUT2D eigenvalue weighted by atomic mass is 10.1. The fraction of sp³-hybridized carbons (Fsp3) is 0.462. The van der Waals surface area contributed by atoms with Crippen LogP contribution in [0.5, 0.6) is 0 Å². The number of nitriles is 1. The van der Waals surface area contributed by atoms with Gasteiger partial charge >= 0.3 is 0 Å². The number of rotatable bonds is 5. The van der Waals surface area contributed by atoms with E-state index in [1.807, 2.05) is 26.8 Å². The summed E-state index contributed by atoms with van der Waals surface area (Å²) in [6, 6.07) is 6.68. The van der Waals surface area contributed by atoms with E-state index in [-0.39, 0.29) is 17.4 Å². The lowest BCUT2D eigenvalue weighted by Crippen LogP contribution is -2.34. The van der Waals surface area contributed by atoms with Crippen molar-refractivity contribution >= 4 is 10.0 Å². The van der Waals surface area contributed by atoms with Gasteiger partial charge in [0.25, 0.3) is 0 Å². The minimum Gasteiger partial charge on any atom is -0.207 e. The molecule has 0 saturated carbocycles. The number of nitrogens with zero attached hydrogens (tertiary/aromatic N) is 1. The molecule has 1 aromatic carbocycles. The summed E-state index contributed by atoms with van der Waals surface area (Å²) in [5.41, 5.74) is 1.99. The van der Waals surface area contributed by atoms with Gasteiger partial charge in [0.15, 0.2) is 0 Å². The van der Waals surface area contributed by atoms with Crippen molar-refractivity contribution in [3.8, 4) is 6.07 Å². The fourth-order valence-corrected chi connectivity index (χ4v) is 2.95. The Labute approximate surface area is 109 Å². The lowest BCUT2D eigenvalue weighted by Gasteiger charge is -2.14. The van der Waals surface area contributed by atoms with Gasteiger partial charge in [0.05, 0.1) is 17.4 Å². The summed E-state index contributed by atoms with van der Waals surface area (Å²) in [7, 11) is -3.53. The van der Waals surface area contributed by atoms with Crippen molar-refractivity contribution < 1.29 is 8.42 Å². The average Bonchev–Trinajstić information content (AvgIpc) is 2.31. The van der Waals surface area contributed by atoms with Crippen molar-refractivity contribution in [2.24, 2.45) is 0 Å². The zero-order valence-corrected chi connectivity index (χ0v) is 11.7. The van der Waals surface area contributed by atoms with Crippen LogP contribution in [0.1, 0.15) is 30.9 Å². The minimum atomic E-state index is -3.53. The molecule has 0 saturated heterocycles. The maximum Gasteiger partial charge on any atom is 0.240 e. The van der Waals surface area contributed by atoms with Crippen molar-refractivity contribution in [3.05, 3.63) is 29.3 Å². The number of sulfonamides is 1. The Balaban J connectivity index is 2.99. The van der Waals surface area contributed by atoms with Crippen LogP contribution >= 0.6 is 0 Å². The molecule has 0 heterocycles. The molecule has 1 rings (SSSR count). The molecular weight excluding hydrogens is 248 g/mol. The van der Waals surface area contributed by atoms with Gasteiger partial charge in [-0.2, -0.15) is 5.26 Å². The molecule has 0 aromatic heterocycles. The number of benzene rings is 1. The second-order valence-corrected chi connectivity index (χ2v) is 6.05. The Morgan fingerprint density at radius 3 is 2.50 bits per heavy atom. The van der Waals surface area contributed by atoms with Gasteiger partial charge < -0.3 is 0 Å². The molecule has 0 aliphatic heterocycles. The van der Waals surface area contributed by atoms with E-state index in [2.05, 4.69) is 4.72 Å². The van der Waals surface area contributed by atoms with Crippen LogP contribution in [0.4, 0.5) is 0 Å². The third-order valence-electron chi connectivity index (χ3n) is 2.94. The summed E-state index contributed by atoms with van der Waals surface area (Å²) in [6.07, 6.45) is 0.776. The quantitative estimate of drug-likeness (QED) is 0.888. The van der Waals surface area contributed by atoms with Gasteiger partial charge in [0, 0.05) is 6.04 Å². The van der Waals surface area contributed by atoms with Crippen LogP contribution in [0.2, 0.25) is 0 Å². The molecule has 0 radical (unpaired) electrons. The summed E-state index contributed by atoms with van der Waals surface area (Å²) in [5, 5.41) is 8.63. The second-order valence-electron chi connectivity index (χ2n) is 4.33. The first-order valence-electron chi connectivity index (χ1n) is 5.87. The minimum absolute atomic E-state index is 0.181. The predicted octanol–water partition coefficient (Wildman–Crippen LogP) is 2.27. The summed E-state index contributed by atoms with van der Waals surface area (Å²) >= 11 is 0. The van der Waals surface area contributed by atoms with Crippen molar-refractivity contribution in [3.63, 3.8) is 0 Å². The molecule has 1 unspecified atom stereocenters. The van der Waals surface area contributed by atoms with Crippen LogP contribution in [0, 0.1) is 25.2 Å². The molecule has 18 heavy (non-hydrogen) atoms. The molecule has 0 spiro atoms. The summed E-state index contributed by atoms with van der Waals surface area (Å²) < 4.78 is 26.8. The van der Waals surface area contributed by atoms with Crippen molar-refractivity contribution in [2.75, 3.05) is 0 Å². The van der Waals surface area contributed by atoms with Gasteiger partial charge in [0.1, 0.15) is 0 Å². The largest absolute Gasteiger partial charge is 0.240 e. The maximum atomic E-state index is 12.1. The summed E-state index contributed by atoms with van der Waals surface area (Å²) in [6.45, 7) is 5.66. The molecular formula is C13H18N2O2S. The summed E-state index contributed by atoms with van der Waals surface area (Å²) in [5.74, 6) is 0. The lowest BCUT2D eigenvalue weighted by molar-refractivity contribution is 0.543. The molecule has 4 nitrogen and oxygen atoms in total. The highest BCUT2D eigenvalue weighted by Gasteiger charge is 2.19. The molecule has 0 amide bonds. The van der Waals surface area contributed by atoms with Crippen LogP contribution in [0.3, 0.4) is 0 Å². The molecule has 98 valence electrons. The Kier molecular flexibility index (Phi) is 4.88. The molecule has 1 N–H and O–H groups in total. The second kappa shape index (κ2) is 5.98. The van der Waals surface area contributed by atoms with E-state index in [0.29, 0.717) is 6.42 Å². The zero-order chi connectivity index (χ0) is 13.8. The first-order valence-corrected chi connectivity index (χ1v) is 7.35. The first-order chi connectivity index (χ1) is 8.40. The predicted molar refractivity (Wildman–Crippen MR) is 70.5 cm³/mol. The Hall–Kier alpha value is -1.38. The monoisotopic (exact) mass is 266 g/mol. The van der Waals surface area contributed by atoms with Crippen molar-refractivity contribution in [2.45, 2.75) is 44.6 Å². The SMILES string of the molecule is CCC(CC#N)NS(=O)(=O)c1ccc(C)c(C)c1. The van der Waals surface area contributed by atoms with Crippen molar-refractivity contribution in [1.29, 1.82) is 5.26 Å². The molecule has 0 aliphatic rings. The Bertz CT molecular complexity index is 559. The maximum absolute atomic E-state index is 12.1. The average molecular weight is 266 g/mol. The van der Waals surface area contributed by atoms with Crippen LogP contribution < -0.4 is 4.72 Å². The first kappa shape index (κ1) is 14.7. The van der Waals surface area contributed by atoms with E-state index in [1.54, 1.807) is 18.2 Å². The van der Waals surface area contributed by atoms with Gasteiger partial charge in [-0.3, -0.25) is 0 Å². The number of nitrogens with one attached hydrogen (secondary N) is 1. The third kappa shape index (κ3) is 3.56. The highest BCUT2D eigenvalue weighted by molar-refractivity contribution is 7.89. The van der Waals surface area contributed by atoms with Gasteiger partial charge in [-0.1, -0.05) is 13.0 Å². The van der Waals surface area contributed by atoms with Crippen LogP contribution in [0.25, 0.3) is 0 Å². The highest BCUT2D eigenvalue weighted by Crippen LogP contribution is 2.15. The van der Waals surface area contributed by atoms with Crippen LogP contribution in [-0.4, -0.2) is 14.5 Å². The highest BCUT2D eigenvalue weighted by atomic mass is 32.2. The van der Waals surface area contributed by atoms with E-state index in [1.165, 1.54) is 0 Å². The molecule has 1 atom stereocenters. The summed E-state index contributed by atoms with van der Waals surface area (Å²) in [4.78, 5) is 0.252. The Morgan fingerprint density at radius 2 is 2.00 bits per heavy atom. The smallest absolute Gasteiger partial charge is 0.207 e. The zero-order valence-electron chi connectivity index (χ0n) is 10.9. The van der Waals surface area contributed by atoms with Gasteiger partial charge in [0.2, 0.25) is 10.0 Å². The van der Waals surface area contributed by atoms with E-state index < -0.39 is 10.0 Å². The van der Waals surface area contributed by atoms with Crippen molar-refractivity contribution in [1.82, 2.24) is 4.72 Å². The van der Waals surface area contributed by atoms with Gasteiger partial charge in [-0.15, -0.1) is 0 Å². The van der Waals surface area contributed by atoms with Crippen LogP contribution in [-0.2, 0) is 10.0 Å². The Morgan fingerprint density at radius 1 is 1.33 bits per heavy atom. The topological polar surface area (TPSA) is 70.0 Å². The van der Waals surface area contributed by atoms with E-state index in [9.17, 15) is 8.42 Å². The molecule has 1 aromatic rings. The number of hydrogen-bond acceptors (Lipinski definition) is 3. The molecule has 0 aliphatic carbocycles. The molecule has 5 heteroatoms. The number of hydrogen-bond donors (Lipinski definition) is 1. The van der Waals surface area contributed by atoms with E-state index >= 15 is 0 Å². The van der Waals surface area contributed by atoms with E-state index in [0.717, 1.165) is 11.1 Å². The van der Waals surface area contributed by atoms with Crippen LogP contribution in [0.15, 0.2) is 23.1 Å². The van der Waals surface area contributed by atoms with Gasteiger partial charge in [-0.05, 0) is 43.5 Å². The normalized spacial score (nSPS) is 13.0. The van der Waals surface area contributed by atoms with E-state index in [4.69, 9.17) is 5.26 Å². The number of aryl methyl sites for hydroxylation is 2. The molecule has 0 bridgehead atoms. The fourth-order valence-electron chi connectivity index (χ4n) is 1.55. The third-order valence-corrected chi connectivity index (χ3v) is 4.46. The molecule has 0 fully saturated rings.